The van der Waals surface area contributed by atoms with E-state index in [1.165, 1.54) is 17.4 Å². The van der Waals surface area contributed by atoms with Gasteiger partial charge in [-0.15, -0.1) is 11.3 Å². The fourth-order valence-electron chi connectivity index (χ4n) is 2.78. The van der Waals surface area contributed by atoms with Gasteiger partial charge in [-0.2, -0.15) is 0 Å². The Morgan fingerprint density at radius 3 is 2.86 bits per heavy atom. The molecule has 1 heterocycles. The summed E-state index contributed by atoms with van der Waals surface area (Å²) in [6, 6.07) is 4.72. The van der Waals surface area contributed by atoms with E-state index in [9.17, 15) is 14.3 Å². The number of hydrogen-bond acceptors (Lipinski definition) is 4. The van der Waals surface area contributed by atoms with Crippen LogP contribution in [0.4, 0.5) is 10.1 Å². The van der Waals surface area contributed by atoms with E-state index in [0.717, 1.165) is 12.8 Å². The summed E-state index contributed by atoms with van der Waals surface area (Å²) in [7, 11) is 1.72. The Labute approximate surface area is 126 Å². The van der Waals surface area contributed by atoms with Crippen LogP contribution in [0.25, 0.3) is 10.1 Å². The Morgan fingerprint density at radius 1 is 1.52 bits per heavy atom. The molecule has 0 aliphatic heterocycles. The second kappa shape index (κ2) is 5.27. The van der Waals surface area contributed by atoms with E-state index in [-0.39, 0.29) is 17.7 Å². The SMILES string of the molecule is CN(CC1CC(O)C1)C(=O)c1sc2cccc(F)c2c1N. The smallest absolute Gasteiger partial charge is 0.265 e. The monoisotopic (exact) mass is 308 g/mol. The first-order chi connectivity index (χ1) is 9.97. The summed E-state index contributed by atoms with van der Waals surface area (Å²) >= 11 is 1.22. The van der Waals surface area contributed by atoms with Crippen LogP contribution in [0.3, 0.4) is 0 Å². The van der Waals surface area contributed by atoms with Crippen LogP contribution in [0.1, 0.15) is 22.5 Å². The third-order valence-corrected chi connectivity index (χ3v) is 5.14. The third-order valence-electron chi connectivity index (χ3n) is 3.99. The summed E-state index contributed by atoms with van der Waals surface area (Å²) in [6.45, 7) is 0.589. The van der Waals surface area contributed by atoms with Gasteiger partial charge in [-0.3, -0.25) is 4.79 Å². The van der Waals surface area contributed by atoms with Gasteiger partial charge < -0.3 is 15.7 Å². The summed E-state index contributed by atoms with van der Waals surface area (Å²) in [5.41, 5.74) is 6.18. The number of benzene rings is 1. The van der Waals surface area contributed by atoms with Crippen molar-refractivity contribution in [1.82, 2.24) is 4.90 Å². The van der Waals surface area contributed by atoms with Gasteiger partial charge in [-0.05, 0) is 30.9 Å². The van der Waals surface area contributed by atoms with Gasteiger partial charge in [0.25, 0.3) is 5.91 Å². The molecule has 2 aromatic rings. The maximum Gasteiger partial charge on any atom is 0.265 e. The zero-order chi connectivity index (χ0) is 15.1. The van der Waals surface area contributed by atoms with Crippen molar-refractivity contribution in [2.45, 2.75) is 18.9 Å². The highest BCUT2D eigenvalue weighted by molar-refractivity contribution is 7.21. The highest BCUT2D eigenvalue weighted by Crippen LogP contribution is 2.36. The quantitative estimate of drug-likeness (QED) is 0.915. The molecule has 21 heavy (non-hydrogen) atoms. The number of carbonyl (C=O) groups is 1. The first kappa shape index (κ1) is 14.3. The van der Waals surface area contributed by atoms with Gasteiger partial charge in [0.15, 0.2) is 0 Å². The van der Waals surface area contributed by atoms with Crippen LogP contribution in [0.15, 0.2) is 18.2 Å². The molecular formula is C15H17FN2O2S. The molecule has 112 valence electrons. The number of nitrogen functional groups attached to an aromatic ring is 1. The molecule has 3 N–H and O–H groups in total. The summed E-state index contributed by atoms with van der Waals surface area (Å²) < 4.78 is 14.5. The van der Waals surface area contributed by atoms with Crippen molar-refractivity contribution in [2.75, 3.05) is 19.3 Å². The predicted octanol–water partition coefficient (Wildman–Crippen LogP) is 2.47. The number of thiophene rings is 1. The van der Waals surface area contributed by atoms with Crippen LogP contribution in [-0.4, -0.2) is 35.6 Å². The highest BCUT2D eigenvalue weighted by atomic mass is 32.1. The van der Waals surface area contributed by atoms with Gasteiger partial charge in [-0.1, -0.05) is 6.07 Å². The summed E-state index contributed by atoms with van der Waals surface area (Å²) in [6.07, 6.45) is 1.23. The van der Waals surface area contributed by atoms with Crippen molar-refractivity contribution in [2.24, 2.45) is 5.92 Å². The Bertz CT molecular complexity index is 694. The van der Waals surface area contributed by atoms with Crippen LogP contribution in [0, 0.1) is 11.7 Å². The van der Waals surface area contributed by atoms with E-state index in [2.05, 4.69) is 0 Å². The predicted molar refractivity (Wildman–Crippen MR) is 81.9 cm³/mol. The lowest BCUT2D eigenvalue weighted by Gasteiger charge is -2.34. The number of hydrogen-bond donors (Lipinski definition) is 2. The molecule has 0 radical (unpaired) electrons. The standard InChI is InChI=1S/C15H17FN2O2S/c1-18(7-8-5-9(19)6-8)15(20)14-13(17)12-10(16)3-2-4-11(12)21-14/h2-4,8-9,19H,5-7,17H2,1H3. The number of amides is 1. The van der Waals surface area contributed by atoms with Crippen LogP contribution < -0.4 is 5.73 Å². The normalized spacial score (nSPS) is 21.3. The van der Waals surface area contributed by atoms with Gasteiger partial charge in [0.05, 0.1) is 17.2 Å². The molecule has 1 aromatic heterocycles. The molecular weight excluding hydrogens is 291 g/mol. The van der Waals surface area contributed by atoms with Gasteiger partial charge >= 0.3 is 0 Å². The molecule has 1 aliphatic carbocycles. The highest BCUT2D eigenvalue weighted by Gasteiger charge is 2.30. The van der Waals surface area contributed by atoms with Crippen molar-refractivity contribution in [3.05, 3.63) is 28.9 Å². The van der Waals surface area contributed by atoms with Gasteiger partial charge in [0.2, 0.25) is 0 Å². The van der Waals surface area contributed by atoms with E-state index >= 15 is 0 Å². The Kier molecular flexibility index (Phi) is 3.59. The topological polar surface area (TPSA) is 66.6 Å². The first-order valence-corrected chi connectivity index (χ1v) is 7.69. The molecule has 0 saturated heterocycles. The fraction of sp³-hybridized carbons (Fsp3) is 0.400. The van der Waals surface area contributed by atoms with E-state index in [1.54, 1.807) is 24.1 Å². The van der Waals surface area contributed by atoms with E-state index in [1.807, 2.05) is 0 Å². The molecule has 1 aliphatic rings. The van der Waals surface area contributed by atoms with Crippen LogP contribution in [0.2, 0.25) is 0 Å². The van der Waals surface area contributed by atoms with Crippen LogP contribution in [-0.2, 0) is 0 Å². The molecule has 1 saturated carbocycles. The number of fused-ring (bicyclic) bond motifs is 1. The lowest BCUT2D eigenvalue weighted by molar-refractivity contribution is 0.0267. The Hall–Kier alpha value is -1.66. The molecule has 0 unspecified atom stereocenters. The summed E-state index contributed by atoms with van der Waals surface area (Å²) in [4.78, 5) is 14.5. The lowest BCUT2D eigenvalue weighted by Crippen LogP contribution is -2.39. The molecule has 3 rings (SSSR count). The zero-order valence-corrected chi connectivity index (χ0v) is 12.5. The molecule has 1 fully saturated rings. The summed E-state index contributed by atoms with van der Waals surface area (Å²) in [5, 5.41) is 9.63. The average molecular weight is 308 g/mol. The fourth-order valence-corrected chi connectivity index (χ4v) is 3.91. The minimum absolute atomic E-state index is 0.186. The molecule has 4 nitrogen and oxygen atoms in total. The Balaban J connectivity index is 1.84. The molecule has 1 aromatic carbocycles. The van der Waals surface area contributed by atoms with Crippen LogP contribution in [0.5, 0.6) is 0 Å². The number of halogens is 1. The van der Waals surface area contributed by atoms with Crippen molar-refractivity contribution in [1.29, 1.82) is 0 Å². The largest absolute Gasteiger partial charge is 0.397 e. The zero-order valence-electron chi connectivity index (χ0n) is 11.7. The van der Waals surface area contributed by atoms with Crippen molar-refractivity contribution >= 4 is 33.0 Å². The first-order valence-electron chi connectivity index (χ1n) is 6.87. The third kappa shape index (κ3) is 2.49. The number of aliphatic hydroxyl groups excluding tert-OH is 1. The van der Waals surface area contributed by atoms with Gasteiger partial charge in [0.1, 0.15) is 10.7 Å². The lowest BCUT2D eigenvalue weighted by atomic mass is 9.82. The van der Waals surface area contributed by atoms with E-state index in [0.29, 0.717) is 27.4 Å². The number of anilines is 1. The number of nitrogens with zero attached hydrogens (tertiary/aromatic N) is 1. The second-order valence-corrected chi connectivity index (χ2v) is 6.69. The maximum atomic E-state index is 13.8. The molecule has 0 atom stereocenters. The number of aliphatic hydroxyl groups is 1. The molecule has 6 heteroatoms. The number of nitrogens with two attached hydrogens (primary N) is 1. The van der Waals surface area contributed by atoms with E-state index < -0.39 is 5.82 Å². The second-order valence-electron chi connectivity index (χ2n) is 5.63. The summed E-state index contributed by atoms with van der Waals surface area (Å²) in [5.74, 6) is -0.249. The van der Waals surface area contributed by atoms with Crippen molar-refractivity contribution in [3.63, 3.8) is 0 Å². The van der Waals surface area contributed by atoms with Gasteiger partial charge in [0, 0.05) is 18.3 Å². The molecule has 0 bridgehead atoms. The van der Waals surface area contributed by atoms with Crippen LogP contribution >= 0.6 is 11.3 Å². The minimum Gasteiger partial charge on any atom is -0.397 e. The van der Waals surface area contributed by atoms with Gasteiger partial charge in [-0.25, -0.2) is 4.39 Å². The number of carbonyl (C=O) groups excluding carboxylic acids is 1. The maximum absolute atomic E-state index is 13.8. The molecule has 1 amide bonds. The number of rotatable bonds is 3. The van der Waals surface area contributed by atoms with Crippen molar-refractivity contribution < 1.29 is 14.3 Å². The van der Waals surface area contributed by atoms with Crippen molar-refractivity contribution in [3.8, 4) is 0 Å². The van der Waals surface area contributed by atoms with E-state index in [4.69, 9.17) is 5.73 Å². The minimum atomic E-state index is -0.398. The Morgan fingerprint density at radius 2 is 2.24 bits per heavy atom. The average Bonchev–Trinajstić information content (AvgIpc) is 2.74. The molecule has 0 spiro atoms.